The summed E-state index contributed by atoms with van der Waals surface area (Å²) < 4.78 is 0. The summed E-state index contributed by atoms with van der Waals surface area (Å²) in [6.45, 7) is 0. The molecule has 0 saturated carbocycles. The van der Waals surface area contributed by atoms with E-state index >= 15 is 0 Å². The van der Waals surface area contributed by atoms with Gasteiger partial charge in [-0.3, -0.25) is 20.4 Å². The highest BCUT2D eigenvalue weighted by Gasteiger charge is 2.13. The summed E-state index contributed by atoms with van der Waals surface area (Å²) in [7, 11) is 0. The van der Waals surface area contributed by atoms with Gasteiger partial charge in [0.15, 0.2) is 0 Å². The number of hydrogen-bond acceptors (Lipinski definition) is 4. The lowest BCUT2D eigenvalue weighted by molar-refractivity contribution is 0.0842. The Hall–Kier alpha value is -2.51. The molecule has 0 saturated heterocycles. The molecule has 0 aliphatic heterocycles. The molecule has 0 unspecified atom stereocenters. The Morgan fingerprint density at radius 1 is 1.00 bits per heavy atom. The lowest BCUT2D eigenvalue weighted by atomic mass is 10.2. The highest BCUT2D eigenvalue weighted by molar-refractivity contribution is 7.98. The molecule has 0 radical (unpaired) electrons. The molecule has 7 heteroatoms. The molecule has 0 bridgehead atoms. The van der Waals surface area contributed by atoms with E-state index in [9.17, 15) is 9.59 Å². The molecule has 3 N–H and O–H groups in total. The molecule has 0 atom stereocenters. The number of H-pyrrole nitrogens is 1. The Bertz CT molecular complexity index is 814. The second-order valence-corrected chi connectivity index (χ2v) is 6.91. The van der Waals surface area contributed by atoms with E-state index in [1.54, 1.807) is 53.6 Å². The molecule has 24 heavy (non-hydrogen) atoms. The van der Waals surface area contributed by atoms with Crippen LogP contribution in [0.5, 0.6) is 0 Å². The van der Waals surface area contributed by atoms with E-state index in [1.807, 2.05) is 23.6 Å². The number of thiophene rings is 1. The van der Waals surface area contributed by atoms with Gasteiger partial charge in [-0.2, -0.15) is 0 Å². The Morgan fingerprint density at radius 2 is 1.83 bits per heavy atom. The maximum absolute atomic E-state index is 12.4. The van der Waals surface area contributed by atoms with Gasteiger partial charge in [0.25, 0.3) is 11.8 Å². The minimum absolute atomic E-state index is 0.343. The van der Waals surface area contributed by atoms with Gasteiger partial charge in [-0.1, -0.05) is 18.2 Å². The van der Waals surface area contributed by atoms with Crippen LogP contribution in [-0.2, 0) is 5.75 Å². The van der Waals surface area contributed by atoms with Crippen LogP contribution in [0.25, 0.3) is 0 Å². The van der Waals surface area contributed by atoms with Crippen LogP contribution in [0.3, 0.4) is 0 Å². The number of aromatic amines is 1. The van der Waals surface area contributed by atoms with Crippen LogP contribution in [0.2, 0.25) is 0 Å². The molecule has 0 aliphatic carbocycles. The van der Waals surface area contributed by atoms with E-state index in [2.05, 4.69) is 21.9 Å². The van der Waals surface area contributed by atoms with Gasteiger partial charge < -0.3 is 4.98 Å². The quantitative estimate of drug-likeness (QED) is 0.484. The average molecular weight is 357 g/mol. The number of rotatable bonds is 5. The minimum Gasteiger partial charge on any atom is -0.357 e. The standard InChI is InChI=1S/C17H15N3O2S2/c21-16(19-20-17(22)14-7-3-9-18-14)13-6-1-2-8-15(13)24-11-12-5-4-10-23-12/h1-10,18H,11H2,(H,19,21)(H,20,22). The molecule has 2 aromatic heterocycles. The summed E-state index contributed by atoms with van der Waals surface area (Å²) in [5, 5.41) is 2.03. The van der Waals surface area contributed by atoms with Gasteiger partial charge in [0.2, 0.25) is 0 Å². The predicted octanol–water partition coefficient (Wildman–Crippen LogP) is 3.44. The fourth-order valence-corrected chi connectivity index (χ4v) is 3.87. The molecule has 0 aliphatic rings. The zero-order valence-electron chi connectivity index (χ0n) is 12.6. The molecule has 2 heterocycles. The zero-order valence-corrected chi connectivity index (χ0v) is 14.2. The largest absolute Gasteiger partial charge is 0.357 e. The average Bonchev–Trinajstić information content (AvgIpc) is 3.31. The van der Waals surface area contributed by atoms with E-state index in [4.69, 9.17) is 0 Å². The van der Waals surface area contributed by atoms with E-state index in [-0.39, 0.29) is 5.91 Å². The zero-order chi connectivity index (χ0) is 16.8. The van der Waals surface area contributed by atoms with Crippen molar-refractivity contribution in [2.75, 3.05) is 0 Å². The number of carbonyl (C=O) groups excluding carboxylic acids is 2. The normalized spacial score (nSPS) is 10.3. The molecule has 2 amide bonds. The van der Waals surface area contributed by atoms with Gasteiger partial charge >= 0.3 is 0 Å². The molecule has 5 nitrogen and oxygen atoms in total. The summed E-state index contributed by atoms with van der Waals surface area (Å²) in [5.74, 6) is 0.0674. The van der Waals surface area contributed by atoms with Crippen LogP contribution in [-0.4, -0.2) is 16.8 Å². The van der Waals surface area contributed by atoms with Crippen molar-refractivity contribution in [3.63, 3.8) is 0 Å². The Kier molecular flexibility index (Phi) is 5.35. The van der Waals surface area contributed by atoms with Crippen molar-refractivity contribution in [2.45, 2.75) is 10.6 Å². The van der Waals surface area contributed by atoms with Crippen LogP contribution in [0.1, 0.15) is 25.7 Å². The number of amides is 2. The van der Waals surface area contributed by atoms with E-state index in [0.717, 1.165) is 10.6 Å². The van der Waals surface area contributed by atoms with E-state index in [0.29, 0.717) is 11.3 Å². The number of thioether (sulfide) groups is 1. The van der Waals surface area contributed by atoms with Crippen molar-refractivity contribution in [2.24, 2.45) is 0 Å². The molecular formula is C17H15N3O2S2. The van der Waals surface area contributed by atoms with E-state index in [1.165, 1.54) is 4.88 Å². The SMILES string of the molecule is O=C(NNC(=O)c1ccccc1SCc1cccs1)c1ccc[nH]1. The topological polar surface area (TPSA) is 74.0 Å². The highest BCUT2D eigenvalue weighted by atomic mass is 32.2. The first-order chi connectivity index (χ1) is 11.7. The van der Waals surface area contributed by atoms with Gasteiger partial charge in [-0.05, 0) is 35.7 Å². The number of benzene rings is 1. The summed E-state index contributed by atoms with van der Waals surface area (Å²) >= 11 is 3.28. The molecule has 0 spiro atoms. The van der Waals surface area contributed by atoms with Crippen molar-refractivity contribution in [3.05, 3.63) is 76.2 Å². The van der Waals surface area contributed by atoms with Crippen molar-refractivity contribution >= 4 is 34.9 Å². The van der Waals surface area contributed by atoms with E-state index < -0.39 is 5.91 Å². The smallest absolute Gasteiger partial charge is 0.286 e. The molecular weight excluding hydrogens is 342 g/mol. The van der Waals surface area contributed by atoms with Crippen molar-refractivity contribution in [1.29, 1.82) is 0 Å². The minimum atomic E-state index is -0.392. The van der Waals surface area contributed by atoms with Crippen LogP contribution >= 0.6 is 23.1 Å². The maximum Gasteiger partial charge on any atom is 0.286 e. The second-order valence-electron chi connectivity index (χ2n) is 4.86. The van der Waals surface area contributed by atoms with Gasteiger partial charge in [-0.15, -0.1) is 23.1 Å². The molecule has 3 aromatic rings. The number of hydrazine groups is 1. The maximum atomic E-state index is 12.4. The summed E-state index contributed by atoms with van der Waals surface area (Å²) in [5.41, 5.74) is 5.77. The third kappa shape index (κ3) is 4.06. The first-order valence-corrected chi connectivity index (χ1v) is 9.09. The fraction of sp³-hybridized carbons (Fsp3) is 0.0588. The third-order valence-corrected chi connectivity index (χ3v) is 5.40. The summed E-state index contributed by atoms with van der Waals surface area (Å²) in [6.07, 6.45) is 1.65. The van der Waals surface area contributed by atoms with Gasteiger partial charge in [0.1, 0.15) is 5.69 Å². The number of aromatic nitrogens is 1. The number of nitrogens with one attached hydrogen (secondary N) is 3. The van der Waals surface area contributed by atoms with Crippen molar-refractivity contribution in [1.82, 2.24) is 15.8 Å². The van der Waals surface area contributed by atoms with Gasteiger partial charge in [0.05, 0.1) is 5.56 Å². The molecule has 122 valence electrons. The number of carbonyl (C=O) groups is 2. The van der Waals surface area contributed by atoms with Gasteiger partial charge in [-0.25, -0.2) is 0 Å². The first-order valence-electron chi connectivity index (χ1n) is 7.22. The van der Waals surface area contributed by atoms with Crippen LogP contribution in [0, 0.1) is 0 Å². The van der Waals surface area contributed by atoms with Crippen molar-refractivity contribution < 1.29 is 9.59 Å². The Labute approximate surface area is 147 Å². The van der Waals surface area contributed by atoms with Crippen LogP contribution in [0.15, 0.2) is 65.0 Å². The lowest BCUT2D eigenvalue weighted by Crippen LogP contribution is -2.41. The first kappa shape index (κ1) is 16.4. The highest BCUT2D eigenvalue weighted by Crippen LogP contribution is 2.27. The third-order valence-electron chi connectivity index (χ3n) is 3.21. The molecule has 1 aromatic carbocycles. The van der Waals surface area contributed by atoms with Crippen molar-refractivity contribution in [3.8, 4) is 0 Å². The number of hydrogen-bond donors (Lipinski definition) is 3. The van der Waals surface area contributed by atoms with Gasteiger partial charge in [0, 0.05) is 21.7 Å². The predicted molar refractivity (Wildman–Crippen MR) is 96.0 cm³/mol. The molecule has 0 fully saturated rings. The fourth-order valence-electron chi connectivity index (χ4n) is 2.04. The Morgan fingerprint density at radius 3 is 2.58 bits per heavy atom. The van der Waals surface area contributed by atoms with Crippen LogP contribution < -0.4 is 10.9 Å². The second kappa shape index (κ2) is 7.85. The molecule has 3 rings (SSSR count). The summed E-state index contributed by atoms with van der Waals surface area (Å²) in [4.78, 5) is 29.1. The lowest BCUT2D eigenvalue weighted by Gasteiger charge is -2.10. The monoisotopic (exact) mass is 357 g/mol. The van der Waals surface area contributed by atoms with Crippen LogP contribution in [0.4, 0.5) is 0 Å². The Balaban J connectivity index is 1.63. The summed E-state index contributed by atoms with van der Waals surface area (Å²) in [6, 6.07) is 14.8.